The molecule has 0 aliphatic rings. The van der Waals surface area contributed by atoms with E-state index in [1.54, 1.807) is 0 Å². The fraction of sp³-hybridized carbons (Fsp3) is 0. The van der Waals surface area contributed by atoms with Crippen molar-refractivity contribution in [1.29, 1.82) is 0 Å². The van der Waals surface area contributed by atoms with Gasteiger partial charge in [0, 0.05) is 11.1 Å². The van der Waals surface area contributed by atoms with Crippen LogP contribution in [0.3, 0.4) is 0 Å². The van der Waals surface area contributed by atoms with Crippen LogP contribution in [-0.2, 0) is 0 Å². The first-order valence-corrected chi connectivity index (χ1v) is 8.38. The van der Waals surface area contributed by atoms with Crippen molar-refractivity contribution in [2.45, 2.75) is 0 Å². The van der Waals surface area contributed by atoms with Crippen LogP contribution in [0.15, 0.2) is 72.8 Å². The number of terminal acetylenes is 2. The third-order valence-electron chi connectivity index (χ3n) is 4.11. The van der Waals surface area contributed by atoms with Crippen LogP contribution >= 0.6 is 0 Å². The first-order chi connectivity index (χ1) is 12.8. The number of benzene rings is 3. The molecule has 0 heteroatoms. The highest BCUT2D eigenvalue weighted by atomic mass is 14.0. The summed E-state index contributed by atoms with van der Waals surface area (Å²) in [5, 5.41) is 0. The molecule has 0 spiro atoms. The van der Waals surface area contributed by atoms with E-state index < -0.39 is 0 Å². The number of rotatable bonds is 4. The Labute approximate surface area is 155 Å². The quantitative estimate of drug-likeness (QED) is 0.407. The lowest BCUT2D eigenvalue weighted by atomic mass is 10.0. The third-order valence-corrected chi connectivity index (χ3v) is 4.11. The molecule has 0 N–H and O–H groups in total. The highest BCUT2D eigenvalue weighted by Crippen LogP contribution is 2.19. The van der Waals surface area contributed by atoms with Gasteiger partial charge in [0.1, 0.15) is 0 Å². The predicted octanol–water partition coefficient (Wildman–Crippen LogP) is 5.99. The average molecular weight is 330 g/mol. The van der Waals surface area contributed by atoms with E-state index in [1.807, 2.05) is 60.7 Å². The highest BCUT2D eigenvalue weighted by Gasteiger charge is 1.99. The molecule has 122 valence electrons. The summed E-state index contributed by atoms with van der Waals surface area (Å²) in [4.78, 5) is 0. The Kier molecular flexibility index (Phi) is 5.51. The van der Waals surface area contributed by atoms with Crippen LogP contribution in [0.5, 0.6) is 0 Å². The van der Waals surface area contributed by atoms with Gasteiger partial charge in [0.2, 0.25) is 0 Å². The molecule has 0 heterocycles. The van der Waals surface area contributed by atoms with Crippen molar-refractivity contribution in [2.75, 3.05) is 0 Å². The van der Waals surface area contributed by atoms with Crippen molar-refractivity contribution in [3.8, 4) is 24.7 Å². The van der Waals surface area contributed by atoms with Gasteiger partial charge >= 0.3 is 0 Å². The second-order valence-corrected chi connectivity index (χ2v) is 5.76. The molecule has 0 fully saturated rings. The standard InChI is InChI=1S/C26H18/c1-3-21-11-5-7-13-23(21)17-19-25-15-9-10-16-26(25)20-18-24-14-8-6-12-22(24)4-2/h1-2,5-20H/b19-17+,20-18+. The van der Waals surface area contributed by atoms with Crippen molar-refractivity contribution in [3.63, 3.8) is 0 Å². The van der Waals surface area contributed by atoms with E-state index >= 15 is 0 Å². The Morgan fingerprint density at radius 2 is 0.769 bits per heavy atom. The lowest BCUT2D eigenvalue weighted by molar-refractivity contribution is 1.58. The SMILES string of the molecule is C#Cc1ccccc1/C=C/c1ccccc1/C=C/c1ccccc1C#C. The largest absolute Gasteiger partial charge is 0.115 e. The first kappa shape index (κ1) is 17.1. The summed E-state index contributed by atoms with van der Waals surface area (Å²) < 4.78 is 0. The van der Waals surface area contributed by atoms with Gasteiger partial charge in [-0.1, -0.05) is 96.8 Å². The molecule has 0 unspecified atom stereocenters. The molecular weight excluding hydrogens is 312 g/mol. The molecule has 0 amide bonds. The van der Waals surface area contributed by atoms with Gasteiger partial charge in [-0.3, -0.25) is 0 Å². The lowest BCUT2D eigenvalue weighted by Crippen LogP contribution is -1.83. The Bertz CT molecular complexity index is 963. The molecule has 0 nitrogen and oxygen atoms in total. The maximum Gasteiger partial charge on any atom is 0.0315 e. The van der Waals surface area contributed by atoms with Crippen molar-refractivity contribution < 1.29 is 0 Å². The summed E-state index contributed by atoms with van der Waals surface area (Å²) >= 11 is 0. The van der Waals surface area contributed by atoms with Crippen molar-refractivity contribution >= 4 is 24.3 Å². The van der Waals surface area contributed by atoms with Crippen LogP contribution in [-0.4, -0.2) is 0 Å². The zero-order valence-electron chi connectivity index (χ0n) is 14.4. The van der Waals surface area contributed by atoms with E-state index in [0.29, 0.717) is 0 Å². The molecule has 0 radical (unpaired) electrons. The van der Waals surface area contributed by atoms with Gasteiger partial charge in [-0.05, 0) is 34.4 Å². The van der Waals surface area contributed by atoms with Crippen molar-refractivity contribution in [1.82, 2.24) is 0 Å². The zero-order valence-corrected chi connectivity index (χ0v) is 14.4. The minimum absolute atomic E-state index is 0.889. The second-order valence-electron chi connectivity index (χ2n) is 5.76. The van der Waals surface area contributed by atoms with Gasteiger partial charge in [-0.2, -0.15) is 0 Å². The van der Waals surface area contributed by atoms with Crippen LogP contribution in [0.2, 0.25) is 0 Å². The summed E-state index contributed by atoms with van der Waals surface area (Å²) in [7, 11) is 0. The molecule has 3 rings (SSSR count). The Morgan fingerprint density at radius 3 is 1.15 bits per heavy atom. The normalized spacial score (nSPS) is 10.7. The minimum Gasteiger partial charge on any atom is -0.115 e. The van der Waals surface area contributed by atoms with Crippen molar-refractivity contribution in [2.24, 2.45) is 0 Å². The summed E-state index contributed by atoms with van der Waals surface area (Å²) in [6.45, 7) is 0. The third kappa shape index (κ3) is 4.02. The summed E-state index contributed by atoms with van der Waals surface area (Å²) in [6, 6.07) is 24.0. The summed E-state index contributed by atoms with van der Waals surface area (Å²) in [6.07, 6.45) is 19.4. The van der Waals surface area contributed by atoms with Gasteiger partial charge in [-0.25, -0.2) is 0 Å². The molecule has 0 aromatic heterocycles. The first-order valence-electron chi connectivity index (χ1n) is 8.38. The second kappa shape index (κ2) is 8.39. The molecule has 0 aliphatic heterocycles. The average Bonchev–Trinajstić information content (AvgIpc) is 2.71. The summed E-state index contributed by atoms with van der Waals surface area (Å²) in [5.74, 6) is 5.44. The maximum atomic E-state index is 5.58. The van der Waals surface area contributed by atoms with E-state index in [4.69, 9.17) is 12.8 Å². The number of hydrogen-bond donors (Lipinski definition) is 0. The fourth-order valence-corrected chi connectivity index (χ4v) is 2.72. The molecule has 0 atom stereocenters. The fourth-order valence-electron chi connectivity index (χ4n) is 2.72. The van der Waals surface area contributed by atoms with E-state index in [9.17, 15) is 0 Å². The van der Waals surface area contributed by atoms with Gasteiger partial charge in [0.15, 0.2) is 0 Å². The smallest absolute Gasteiger partial charge is 0.0315 e. The topological polar surface area (TPSA) is 0 Å². The molecule has 0 bridgehead atoms. The van der Waals surface area contributed by atoms with Crippen LogP contribution < -0.4 is 0 Å². The van der Waals surface area contributed by atoms with Crippen molar-refractivity contribution in [3.05, 3.63) is 106 Å². The Morgan fingerprint density at radius 1 is 0.462 bits per heavy atom. The van der Waals surface area contributed by atoms with Crippen LogP contribution in [0.1, 0.15) is 33.4 Å². The van der Waals surface area contributed by atoms with Gasteiger partial charge in [0.05, 0.1) is 0 Å². The molecule has 26 heavy (non-hydrogen) atoms. The van der Waals surface area contributed by atoms with E-state index in [2.05, 4.69) is 48.3 Å². The number of hydrogen-bond acceptors (Lipinski definition) is 0. The van der Waals surface area contributed by atoms with Gasteiger partial charge in [-0.15, -0.1) is 12.8 Å². The molecular formula is C26H18. The molecule has 0 aliphatic carbocycles. The Hall–Kier alpha value is -3.74. The van der Waals surface area contributed by atoms with Crippen LogP contribution in [0, 0.1) is 24.7 Å². The van der Waals surface area contributed by atoms with E-state index in [1.165, 1.54) is 0 Å². The van der Waals surface area contributed by atoms with Gasteiger partial charge in [0.25, 0.3) is 0 Å². The Balaban J connectivity index is 1.92. The van der Waals surface area contributed by atoms with Gasteiger partial charge < -0.3 is 0 Å². The monoisotopic (exact) mass is 330 g/mol. The van der Waals surface area contributed by atoms with Crippen LogP contribution in [0.25, 0.3) is 24.3 Å². The lowest BCUT2D eigenvalue weighted by Gasteiger charge is -2.03. The maximum absolute atomic E-state index is 5.58. The minimum atomic E-state index is 0.889. The van der Waals surface area contributed by atoms with E-state index in [-0.39, 0.29) is 0 Å². The molecule has 3 aromatic carbocycles. The predicted molar refractivity (Wildman–Crippen MR) is 113 cm³/mol. The highest BCUT2D eigenvalue weighted by molar-refractivity contribution is 5.81. The molecule has 0 saturated carbocycles. The zero-order chi connectivity index (χ0) is 18.2. The van der Waals surface area contributed by atoms with Crippen LogP contribution in [0.4, 0.5) is 0 Å². The molecule has 3 aromatic rings. The van der Waals surface area contributed by atoms with E-state index in [0.717, 1.165) is 33.4 Å². The summed E-state index contributed by atoms with van der Waals surface area (Å²) in [5.41, 5.74) is 6.08. The molecule has 0 saturated heterocycles.